The first-order valence-electron chi connectivity index (χ1n) is 11.7. The van der Waals surface area contributed by atoms with E-state index in [1.807, 2.05) is 0 Å². The van der Waals surface area contributed by atoms with Crippen LogP contribution in [0.15, 0.2) is 72.8 Å². The van der Waals surface area contributed by atoms with Gasteiger partial charge in [-0.2, -0.15) is 0 Å². The molecule has 0 saturated carbocycles. The van der Waals surface area contributed by atoms with E-state index < -0.39 is 0 Å². The highest BCUT2D eigenvalue weighted by molar-refractivity contribution is 6.06. The second kappa shape index (κ2) is 13.5. The van der Waals surface area contributed by atoms with Gasteiger partial charge in [0.2, 0.25) is 5.91 Å². The second-order valence-electron chi connectivity index (χ2n) is 8.12. The number of hydrogen-bond acceptors (Lipinski definition) is 6. The molecule has 0 spiro atoms. The lowest BCUT2D eigenvalue weighted by molar-refractivity contribution is -0.114. The average Bonchev–Trinajstić information content (AvgIpc) is 2.89. The van der Waals surface area contributed by atoms with Crippen molar-refractivity contribution in [3.63, 3.8) is 0 Å². The van der Waals surface area contributed by atoms with Gasteiger partial charge in [0.1, 0.15) is 0 Å². The van der Waals surface area contributed by atoms with Gasteiger partial charge in [0.25, 0.3) is 17.7 Å². The molecule has 10 nitrogen and oxygen atoms in total. The van der Waals surface area contributed by atoms with Gasteiger partial charge >= 0.3 is 0 Å². The number of amides is 4. The monoisotopic (exact) mass is 502 g/mol. The Morgan fingerprint density at radius 3 is 1.38 bits per heavy atom. The highest BCUT2D eigenvalue weighted by Crippen LogP contribution is 2.16. The minimum absolute atomic E-state index is 0.191. The van der Waals surface area contributed by atoms with Crippen LogP contribution in [0, 0.1) is 0 Å². The summed E-state index contributed by atoms with van der Waals surface area (Å²) in [6.45, 7) is 3.76. The molecule has 0 atom stereocenters. The summed E-state index contributed by atoms with van der Waals surface area (Å²) < 4.78 is 0. The molecule has 37 heavy (non-hydrogen) atoms. The maximum Gasteiger partial charge on any atom is 0.255 e. The van der Waals surface area contributed by atoms with E-state index in [0.29, 0.717) is 59.9 Å². The summed E-state index contributed by atoms with van der Waals surface area (Å²) in [6.07, 6.45) is 0. The summed E-state index contributed by atoms with van der Waals surface area (Å²) in [5.41, 5.74) is 8.40. The number of benzene rings is 3. The minimum atomic E-state index is -0.324. The zero-order valence-electron chi connectivity index (χ0n) is 20.5. The number of anilines is 3. The molecular formula is C27H30N6O4. The molecule has 0 fully saturated rings. The van der Waals surface area contributed by atoms with Crippen LogP contribution < -0.4 is 32.3 Å². The van der Waals surface area contributed by atoms with E-state index in [4.69, 9.17) is 5.73 Å². The first kappa shape index (κ1) is 27.1. The van der Waals surface area contributed by atoms with E-state index in [-0.39, 0.29) is 23.6 Å². The van der Waals surface area contributed by atoms with Crippen molar-refractivity contribution in [2.24, 2.45) is 5.73 Å². The van der Waals surface area contributed by atoms with Gasteiger partial charge < -0.3 is 32.3 Å². The van der Waals surface area contributed by atoms with Crippen LogP contribution in [0.2, 0.25) is 0 Å². The predicted molar refractivity (Wildman–Crippen MR) is 144 cm³/mol. The van der Waals surface area contributed by atoms with Crippen molar-refractivity contribution in [1.82, 2.24) is 10.6 Å². The molecule has 0 aromatic heterocycles. The standard InChI is InChI=1S/C27H30N6O4/c1-18(34)31-22-8-4-20(5-9-22)26(36)33-24-12-6-21(7-13-24)27(37)32-23-10-2-19(3-11-23)25(35)30-17-16-29-15-14-28/h2-13,29H,14-17,28H2,1H3,(H,30,35)(H,31,34)(H,32,37)(H,33,36). The van der Waals surface area contributed by atoms with Crippen molar-refractivity contribution in [2.45, 2.75) is 6.92 Å². The summed E-state index contributed by atoms with van der Waals surface area (Å²) in [5, 5.41) is 14.1. The second-order valence-corrected chi connectivity index (χ2v) is 8.12. The maximum absolute atomic E-state index is 12.6. The fourth-order valence-electron chi connectivity index (χ4n) is 3.32. The minimum Gasteiger partial charge on any atom is -0.351 e. The Morgan fingerprint density at radius 2 is 0.973 bits per heavy atom. The van der Waals surface area contributed by atoms with E-state index in [0.717, 1.165) is 0 Å². The molecule has 0 heterocycles. The molecule has 0 aliphatic carbocycles. The van der Waals surface area contributed by atoms with Crippen molar-refractivity contribution in [3.05, 3.63) is 89.5 Å². The number of nitrogens with one attached hydrogen (secondary N) is 5. The number of hydrogen-bond donors (Lipinski definition) is 6. The van der Waals surface area contributed by atoms with Crippen LogP contribution in [0.3, 0.4) is 0 Å². The summed E-state index contributed by atoms with van der Waals surface area (Å²) in [7, 11) is 0. The summed E-state index contributed by atoms with van der Waals surface area (Å²) in [4.78, 5) is 48.4. The van der Waals surface area contributed by atoms with Crippen LogP contribution >= 0.6 is 0 Å². The van der Waals surface area contributed by atoms with Crippen molar-refractivity contribution in [1.29, 1.82) is 0 Å². The van der Waals surface area contributed by atoms with Gasteiger partial charge in [-0.25, -0.2) is 0 Å². The smallest absolute Gasteiger partial charge is 0.255 e. The van der Waals surface area contributed by atoms with Crippen LogP contribution in [-0.2, 0) is 4.79 Å². The Labute approximate surface area is 215 Å². The lowest BCUT2D eigenvalue weighted by Crippen LogP contribution is -2.33. The van der Waals surface area contributed by atoms with E-state index in [1.165, 1.54) is 6.92 Å². The van der Waals surface area contributed by atoms with Crippen LogP contribution in [-0.4, -0.2) is 49.8 Å². The molecule has 0 radical (unpaired) electrons. The van der Waals surface area contributed by atoms with E-state index in [1.54, 1.807) is 72.8 Å². The summed E-state index contributed by atoms with van der Waals surface area (Å²) >= 11 is 0. The van der Waals surface area contributed by atoms with Gasteiger partial charge in [-0.05, 0) is 72.8 Å². The van der Waals surface area contributed by atoms with Crippen LogP contribution in [0.4, 0.5) is 17.1 Å². The predicted octanol–water partition coefficient (Wildman–Crippen LogP) is 2.43. The molecule has 3 aromatic carbocycles. The highest BCUT2D eigenvalue weighted by Gasteiger charge is 2.10. The van der Waals surface area contributed by atoms with Crippen molar-refractivity contribution >= 4 is 40.7 Å². The maximum atomic E-state index is 12.6. The molecule has 0 unspecified atom stereocenters. The third-order valence-corrected chi connectivity index (χ3v) is 5.19. The van der Waals surface area contributed by atoms with E-state index in [2.05, 4.69) is 26.6 Å². The van der Waals surface area contributed by atoms with E-state index in [9.17, 15) is 19.2 Å². The van der Waals surface area contributed by atoms with Crippen LogP contribution in [0.5, 0.6) is 0 Å². The SMILES string of the molecule is CC(=O)Nc1ccc(C(=O)Nc2ccc(C(=O)Nc3ccc(C(=O)NCCNCCN)cc3)cc2)cc1. The number of carbonyl (C=O) groups excluding carboxylic acids is 4. The zero-order chi connectivity index (χ0) is 26.6. The molecule has 192 valence electrons. The van der Waals surface area contributed by atoms with Crippen molar-refractivity contribution < 1.29 is 19.2 Å². The van der Waals surface area contributed by atoms with Crippen LogP contribution in [0.25, 0.3) is 0 Å². The first-order chi connectivity index (χ1) is 17.9. The van der Waals surface area contributed by atoms with E-state index >= 15 is 0 Å². The summed E-state index contributed by atoms with van der Waals surface area (Å²) in [6, 6.07) is 19.6. The molecule has 3 aromatic rings. The quantitative estimate of drug-likeness (QED) is 0.221. The van der Waals surface area contributed by atoms with Crippen molar-refractivity contribution in [2.75, 3.05) is 42.1 Å². The van der Waals surface area contributed by atoms with Gasteiger partial charge in [-0.15, -0.1) is 0 Å². The first-order valence-corrected chi connectivity index (χ1v) is 11.7. The third kappa shape index (κ3) is 8.57. The van der Waals surface area contributed by atoms with Gasteiger partial charge in [0.05, 0.1) is 0 Å². The Kier molecular flexibility index (Phi) is 9.89. The summed E-state index contributed by atoms with van der Waals surface area (Å²) in [5.74, 6) is -1.03. The number of rotatable bonds is 11. The molecule has 0 bridgehead atoms. The van der Waals surface area contributed by atoms with Gasteiger partial charge in [-0.1, -0.05) is 0 Å². The normalized spacial score (nSPS) is 10.3. The third-order valence-electron chi connectivity index (χ3n) is 5.19. The topological polar surface area (TPSA) is 154 Å². The molecule has 7 N–H and O–H groups in total. The molecule has 10 heteroatoms. The molecule has 3 rings (SSSR count). The number of nitrogens with two attached hydrogens (primary N) is 1. The fraction of sp³-hybridized carbons (Fsp3) is 0.185. The lowest BCUT2D eigenvalue weighted by Gasteiger charge is -2.09. The zero-order valence-corrected chi connectivity index (χ0v) is 20.5. The average molecular weight is 503 g/mol. The molecule has 0 saturated heterocycles. The van der Waals surface area contributed by atoms with Crippen molar-refractivity contribution in [3.8, 4) is 0 Å². The number of carbonyl (C=O) groups is 4. The van der Waals surface area contributed by atoms with Gasteiger partial charge in [0.15, 0.2) is 0 Å². The van der Waals surface area contributed by atoms with Gasteiger partial charge in [0, 0.05) is 66.9 Å². The Hall–Kier alpha value is -4.54. The lowest BCUT2D eigenvalue weighted by atomic mass is 10.1. The Bertz CT molecular complexity index is 1230. The highest BCUT2D eigenvalue weighted by atomic mass is 16.2. The van der Waals surface area contributed by atoms with Gasteiger partial charge in [-0.3, -0.25) is 19.2 Å². The molecule has 4 amide bonds. The Morgan fingerprint density at radius 1 is 0.568 bits per heavy atom. The molecule has 0 aliphatic heterocycles. The fourth-order valence-corrected chi connectivity index (χ4v) is 3.32. The Balaban J connectivity index is 1.50. The molecule has 0 aliphatic rings. The largest absolute Gasteiger partial charge is 0.351 e. The van der Waals surface area contributed by atoms with Crippen LogP contribution in [0.1, 0.15) is 38.0 Å². The molecular weight excluding hydrogens is 472 g/mol.